The number of aliphatic hydroxyl groups is 2. The molecule has 0 spiro atoms. The summed E-state index contributed by atoms with van der Waals surface area (Å²) in [6, 6.07) is -0.534. The fourth-order valence-corrected chi connectivity index (χ4v) is 13.3. The van der Waals surface area contributed by atoms with Crippen LogP contribution in [0.3, 0.4) is 0 Å². The summed E-state index contributed by atoms with van der Waals surface area (Å²) in [6.45, 7) is 5.01. The van der Waals surface area contributed by atoms with Gasteiger partial charge in [0.05, 0.1) is 25.4 Å². The predicted molar refractivity (Wildman–Crippen MR) is 380 cm³/mol. The molecule has 6 heteroatoms. The monoisotopic (exact) mass is 1210 g/mol. The number of carbonyl (C=O) groups is 2. The largest absolute Gasteiger partial charge is 0.466 e. The van der Waals surface area contributed by atoms with E-state index >= 15 is 0 Å². The van der Waals surface area contributed by atoms with Crippen molar-refractivity contribution < 1.29 is 24.5 Å². The molecule has 2 atom stereocenters. The van der Waals surface area contributed by atoms with E-state index < -0.39 is 12.1 Å². The maximum Gasteiger partial charge on any atom is 0.305 e. The normalized spacial score (nSPS) is 12.4. The molecule has 0 aromatic rings. The second-order valence-electron chi connectivity index (χ2n) is 28.1. The van der Waals surface area contributed by atoms with Gasteiger partial charge in [-0.05, 0) is 25.7 Å². The van der Waals surface area contributed by atoms with Crippen molar-refractivity contribution in [2.45, 2.75) is 488 Å². The molecule has 0 aliphatic heterocycles. The van der Waals surface area contributed by atoms with Gasteiger partial charge in [-0.2, -0.15) is 0 Å². The molecular formula is C80H159NO5. The van der Waals surface area contributed by atoms with Gasteiger partial charge in [-0.1, -0.05) is 438 Å². The van der Waals surface area contributed by atoms with Gasteiger partial charge in [-0.3, -0.25) is 9.59 Å². The Labute approximate surface area is 540 Å². The van der Waals surface area contributed by atoms with Crippen molar-refractivity contribution >= 4 is 11.9 Å². The van der Waals surface area contributed by atoms with E-state index in [0.717, 1.165) is 38.5 Å². The summed E-state index contributed by atoms with van der Waals surface area (Å²) < 4.78 is 5.52. The van der Waals surface area contributed by atoms with Crippen molar-refractivity contribution in [3.63, 3.8) is 0 Å². The lowest BCUT2D eigenvalue weighted by Gasteiger charge is -2.22. The van der Waals surface area contributed by atoms with Gasteiger partial charge in [0, 0.05) is 12.8 Å². The van der Waals surface area contributed by atoms with Gasteiger partial charge >= 0.3 is 5.97 Å². The van der Waals surface area contributed by atoms with Gasteiger partial charge in [0.15, 0.2) is 0 Å². The highest BCUT2D eigenvalue weighted by Crippen LogP contribution is 2.21. The Morgan fingerprint density at radius 2 is 0.477 bits per heavy atom. The molecule has 0 aliphatic rings. The fourth-order valence-electron chi connectivity index (χ4n) is 13.3. The zero-order valence-corrected chi connectivity index (χ0v) is 59.1. The third-order valence-corrected chi connectivity index (χ3v) is 19.4. The molecule has 86 heavy (non-hydrogen) atoms. The Morgan fingerprint density at radius 1 is 0.279 bits per heavy atom. The van der Waals surface area contributed by atoms with Crippen LogP contribution in [0.4, 0.5) is 0 Å². The van der Waals surface area contributed by atoms with Crippen LogP contribution in [0.2, 0.25) is 0 Å². The molecule has 0 aromatic heterocycles. The van der Waals surface area contributed by atoms with Crippen LogP contribution in [0.5, 0.6) is 0 Å². The van der Waals surface area contributed by atoms with Crippen LogP contribution in [-0.4, -0.2) is 47.4 Å². The van der Waals surface area contributed by atoms with Crippen LogP contribution in [0, 0.1) is 0 Å². The summed E-state index contributed by atoms with van der Waals surface area (Å²) in [5.74, 6) is 0.00378. The molecule has 0 bridgehead atoms. The summed E-state index contributed by atoms with van der Waals surface area (Å²) in [6.07, 6.45) is 95.1. The molecule has 0 saturated carbocycles. The van der Waals surface area contributed by atoms with E-state index in [1.165, 1.54) is 405 Å². The number of carbonyl (C=O) groups excluding carboxylic acids is 2. The zero-order chi connectivity index (χ0) is 62.0. The van der Waals surface area contributed by atoms with Gasteiger partial charge in [0.1, 0.15) is 0 Å². The molecule has 6 nitrogen and oxygen atoms in total. The lowest BCUT2D eigenvalue weighted by atomic mass is 10.0. The first-order valence-electron chi connectivity index (χ1n) is 40.3. The number of unbranched alkanes of at least 4 members (excludes halogenated alkanes) is 66. The van der Waals surface area contributed by atoms with Crippen LogP contribution in [0.15, 0.2) is 0 Å². The summed E-state index contributed by atoms with van der Waals surface area (Å²) >= 11 is 0. The smallest absolute Gasteiger partial charge is 0.305 e. The van der Waals surface area contributed by atoms with E-state index in [2.05, 4.69) is 19.2 Å². The zero-order valence-electron chi connectivity index (χ0n) is 59.1. The van der Waals surface area contributed by atoms with Crippen molar-refractivity contribution in [2.75, 3.05) is 13.2 Å². The number of ether oxygens (including phenoxy) is 1. The average molecular weight is 1220 g/mol. The number of nitrogens with one attached hydrogen (secondary N) is 1. The molecule has 0 rings (SSSR count). The molecule has 0 radical (unpaired) electrons. The highest BCUT2D eigenvalue weighted by Gasteiger charge is 2.20. The van der Waals surface area contributed by atoms with Gasteiger partial charge in [-0.25, -0.2) is 0 Å². The molecule has 2 unspecified atom stereocenters. The standard InChI is InChI=1S/C80H159NO5/c1-3-5-7-9-11-13-15-17-18-19-44-47-50-54-58-62-66-70-74-80(85)86-75-71-67-63-59-55-51-48-45-42-40-38-36-34-32-30-28-26-24-22-20-21-23-25-27-29-31-33-35-37-39-41-43-46-49-53-57-61-65-69-73-79(84)81-77(76-82)78(83)72-68-64-60-56-52-16-14-12-10-8-6-4-2/h77-78,82-83H,3-76H2,1-2H3,(H,81,84). The Hall–Kier alpha value is -1.14. The van der Waals surface area contributed by atoms with Gasteiger partial charge in [0.2, 0.25) is 5.91 Å². The van der Waals surface area contributed by atoms with Crippen molar-refractivity contribution in [1.29, 1.82) is 0 Å². The topological polar surface area (TPSA) is 95.9 Å². The molecule has 0 fully saturated rings. The number of rotatable bonds is 77. The Kier molecular flexibility index (Phi) is 75.3. The minimum Gasteiger partial charge on any atom is -0.466 e. The molecular weight excluding hydrogens is 1050 g/mol. The first-order chi connectivity index (χ1) is 42.5. The number of aliphatic hydroxyl groups excluding tert-OH is 2. The van der Waals surface area contributed by atoms with Crippen LogP contribution in [0.25, 0.3) is 0 Å². The minimum absolute atomic E-state index is 0.0261. The number of hydrogen-bond acceptors (Lipinski definition) is 5. The summed E-state index contributed by atoms with van der Waals surface area (Å²) in [5, 5.41) is 23.3. The highest BCUT2D eigenvalue weighted by atomic mass is 16.5. The Bertz CT molecular complexity index is 1260. The van der Waals surface area contributed by atoms with Crippen molar-refractivity contribution in [3.05, 3.63) is 0 Å². The van der Waals surface area contributed by atoms with E-state index in [-0.39, 0.29) is 18.5 Å². The Balaban J connectivity index is 3.25. The maximum atomic E-state index is 12.5. The molecule has 0 saturated heterocycles. The number of esters is 1. The van der Waals surface area contributed by atoms with Crippen LogP contribution in [0.1, 0.15) is 476 Å². The SMILES string of the molecule is CCCCCCCCCCCCCCCCCCCCC(=O)OCCCCCCCCCCCCCCCCCCCCCCCCCCCCCCCCCCCCCCCCCC(=O)NC(CO)C(O)CCCCCCCCCCCCCC. The maximum absolute atomic E-state index is 12.5. The van der Waals surface area contributed by atoms with Crippen LogP contribution >= 0.6 is 0 Å². The summed E-state index contributed by atoms with van der Waals surface area (Å²) in [7, 11) is 0. The fraction of sp³-hybridized carbons (Fsp3) is 0.975. The Morgan fingerprint density at radius 3 is 0.709 bits per heavy atom. The van der Waals surface area contributed by atoms with E-state index in [1.807, 2.05) is 0 Å². The van der Waals surface area contributed by atoms with Gasteiger partial charge in [-0.15, -0.1) is 0 Å². The molecule has 514 valence electrons. The van der Waals surface area contributed by atoms with Crippen LogP contribution in [-0.2, 0) is 14.3 Å². The molecule has 0 aromatic carbocycles. The van der Waals surface area contributed by atoms with Crippen molar-refractivity contribution in [2.24, 2.45) is 0 Å². The second kappa shape index (κ2) is 76.3. The van der Waals surface area contributed by atoms with Crippen molar-refractivity contribution in [3.8, 4) is 0 Å². The van der Waals surface area contributed by atoms with Gasteiger partial charge in [0.25, 0.3) is 0 Å². The first-order valence-corrected chi connectivity index (χ1v) is 40.3. The highest BCUT2D eigenvalue weighted by molar-refractivity contribution is 5.76. The van der Waals surface area contributed by atoms with E-state index in [1.54, 1.807) is 0 Å². The predicted octanol–water partition coefficient (Wildman–Crippen LogP) is 26.5. The molecule has 1 amide bonds. The number of amides is 1. The lowest BCUT2D eigenvalue weighted by molar-refractivity contribution is -0.143. The quantitative estimate of drug-likeness (QED) is 0.0417. The number of hydrogen-bond donors (Lipinski definition) is 3. The first kappa shape index (κ1) is 84.9. The third kappa shape index (κ3) is 71.9. The van der Waals surface area contributed by atoms with E-state index in [0.29, 0.717) is 25.9 Å². The minimum atomic E-state index is -0.658. The van der Waals surface area contributed by atoms with E-state index in [4.69, 9.17) is 4.74 Å². The summed E-state index contributed by atoms with van der Waals surface area (Å²) in [4.78, 5) is 24.6. The summed E-state index contributed by atoms with van der Waals surface area (Å²) in [5.41, 5.74) is 0. The molecule has 3 N–H and O–H groups in total. The lowest BCUT2D eigenvalue weighted by Crippen LogP contribution is -2.45. The molecule has 0 heterocycles. The van der Waals surface area contributed by atoms with Crippen molar-refractivity contribution in [1.82, 2.24) is 5.32 Å². The van der Waals surface area contributed by atoms with Crippen LogP contribution < -0.4 is 5.32 Å². The molecule has 0 aliphatic carbocycles. The third-order valence-electron chi connectivity index (χ3n) is 19.4. The van der Waals surface area contributed by atoms with Gasteiger partial charge < -0.3 is 20.3 Å². The van der Waals surface area contributed by atoms with E-state index in [9.17, 15) is 19.8 Å². The average Bonchev–Trinajstić information content (AvgIpc) is 3.53. The second-order valence-corrected chi connectivity index (χ2v) is 28.1.